The lowest BCUT2D eigenvalue weighted by atomic mass is 10.1. The molecular formula is C13H15BrFNO2. The number of piperidine rings is 1. The Morgan fingerprint density at radius 3 is 2.67 bits per heavy atom. The third kappa shape index (κ3) is 3.22. The van der Waals surface area contributed by atoms with Crippen LogP contribution in [0, 0.1) is 5.82 Å². The molecule has 1 aliphatic rings. The number of nitrogens with zero attached hydrogens (tertiary/aromatic N) is 1. The summed E-state index contributed by atoms with van der Waals surface area (Å²) in [6.45, 7) is 1.34. The molecule has 1 aromatic rings. The predicted molar refractivity (Wildman–Crippen MR) is 70.4 cm³/mol. The van der Waals surface area contributed by atoms with Crippen molar-refractivity contribution in [3.05, 3.63) is 30.1 Å². The zero-order valence-corrected chi connectivity index (χ0v) is 11.5. The minimum absolute atomic E-state index is 0.0127. The molecule has 0 atom stereocenters. The van der Waals surface area contributed by atoms with Gasteiger partial charge in [-0.15, -0.1) is 0 Å². The average Bonchev–Trinajstić information content (AvgIpc) is 2.41. The predicted octanol–water partition coefficient (Wildman–Crippen LogP) is 2.59. The number of rotatable bonds is 3. The van der Waals surface area contributed by atoms with Gasteiger partial charge in [0.1, 0.15) is 6.10 Å². The first kappa shape index (κ1) is 13.3. The molecular weight excluding hydrogens is 301 g/mol. The third-order valence-corrected chi connectivity index (χ3v) is 3.52. The van der Waals surface area contributed by atoms with Crippen molar-refractivity contribution >= 4 is 21.8 Å². The Balaban J connectivity index is 1.87. The maximum atomic E-state index is 13.4. The van der Waals surface area contributed by atoms with E-state index in [-0.39, 0.29) is 17.8 Å². The summed E-state index contributed by atoms with van der Waals surface area (Å²) >= 11 is 3.16. The fraction of sp³-hybridized carbons (Fsp3) is 0.462. The van der Waals surface area contributed by atoms with Crippen LogP contribution in [0.25, 0.3) is 0 Å². The maximum Gasteiger partial charge on any atom is 0.233 e. The SMILES string of the molecule is O=C(CBr)N1CCC(Oc2ccccc2F)CC1. The second-order valence-electron chi connectivity index (χ2n) is 4.26. The summed E-state index contributed by atoms with van der Waals surface area (Å²) in [5.41, 5.74) is 0. The Bertz CT molecular complexity index is 419. The quantitative estimate of drug-likeness (QED) is 0.802. The van der Waals surface area contributed by atoms with E-state index in [0.29, 0.717) is 24.2 Å². The Morgan fingerprint density at radius 1 is 1.39 bits per heavy atom. The second-order valence-corrected chi connectivity index (χ2v) is 4.82. The number of benzene rings is 1. The van der Waals surface area contributed by atoms with Crippen molar-refractivity contribution in [3.63, 3.8) is 0 Å². The molecule has 1 amide bonds. The van der Waals surface area contributed by atoms with E-state index < -0.39 is 0 Å². The number of hydrogen-bond acceptors (Lipinski definition) is 2. The Hall–Kier alpha value is -1.10. The number of amides is 1. The van der Waals surface area contributed by atoms with Crippen LogP contribution >= 0.6 is 15.9 Å². The standard InChI is InChI=1S/C13H15BrFNO2/c14-9-13(17)16-7-5-10(6-8-16)18-12-4-2-1-3-11(12)15/h1-4,10H,5-9H2. The van der Waals surface area contributed by atoms with Gasteiger partial charge in [-0.2, -0.15) is 0 Å². The minimum Gasteiger partial charge on any atom is -0.487 e. The van der Waals surface area contributed by atoms with Crippen LogP contribution in [0.5, 0.6) is 5.75 Å². The van der Waals surface area contributed by atoms with E-state index in [9.17, 15) is 9.18 Å². The summed E-state index contributed by atoms with van der Waals surface area (Å²) < 4.78 is 19.0. The molecule has 98 valence electrons. The summed E-state index contributed by atoms with van der Waals surface area (Å²) in [7, 11) is 0. The van der Waals surface area contributed by atoms with Gasteiger partial charge < -0.3 is 9.64 Å². The highest BCUT2D eigenvalue weighted by Crippen LogP contribution is 2.21. The summed E-state index contributed by atoms with van der Waals surface area (Å²) in [6.07, 6.45) is 1.47. The molecule has 0 bridgehead atoms. The Morgan fingerprint density at radius 2 is 2.06 bits per heavy atom. The highest BCUT2D eigenvalue weighted by molar-refractivity contribution is 9.09. The molecule has 0 aliphatic carbocycles. The smallest absolute Gasteiger partial charge is 0.233 e. The highest BCUT2D eigenvalue weighted by atomic mass is 79.9. The van der Waals surface area contributed by atoms with E-state index in [1.807, 2.05) is 0 Å². The maximum absolute atomic E-state index is 13.4. The van der Waals surface area contributed by atoms with Crippen molar-refractivity contribution in [2.45, 2.75) is 18.9 Å². The monoisotopic (exact) mass is 315 g/mol. The third-order valence-electron chi connectivity index (χ3n) is 3.04. The number of ether oxygens (including phenoxy) is 1. The van der Waals surface area contributed by atoms with Crippen LogP contribution in [0.1, 0.15) is 12.8 Å². The van der Waals surface area contributed by atoms with Gasteiger partial charge >= 0.3 is 0 Å². The zero-order chi connectivity index (χ0) is 13.0. The van der Waals surface area contributed by atoms with Gasteiger partial charge in [0.05, 0.1) is 5.33 Å². The largest absolute Gasteiger partial charge is 0.487 e. The van der Waals surface area contributed by atoms with Crippen LogP contribution in [-0.4, -0.2) is 35.3 Å². The van der Waals surface area contributed by atoms with Crippen molar-refractivity contribution in [1.29, 1.82) is 0 Å². The molecule has 1 aromatic carbocycles. The van der Waals surface area contributed by atoms with Crippen LogP contribution in [0.15, 0.2) is 24.3 Å². The van der Waals surface area contributed by atoms with Gasteiger partial charge in [-0.25, -0.2) is 4.39 Å². The van der Waals surface area contributed by atoms with Crippen LogP contribution in [-0.2, 0) is 4.79 Å². The molecule has 0 aromatic heterocycles. The molecule has 0 N–H and O–H groups in total. The molecule has 1 aliphatic heterocycles. The van der Waals surface area contributed by atoms with Gasteiger partial charge in [-0.1, -0.05) is 28.1 Å². The zero-order valence-electron chi connectivity index (χ0n) is 9.94. The van der Waals surface area contributed by atoms with Crippen LogP contribution < -0.4 is 4.74 Å². The van der Waals surface area contributed by atoms with Gasteiger partial charge in [0.25, 0.3) is 0 Å². The van der Waals surface area contributed by atoms with Crippen molar-refractivity contribution in [1.82, 2.24) is 4.90 Å². The number of likely N-dealkylation sites (tertiary alicyclic amines) is 1. The van der Waals surface area contributed by atoms with Crippen molar-refractivity contribution in [3.8, 4) is 5.75 Å². The van der Waals surface area contributed by atoms with E-state index in [1.165, 1.54) is 6.07 Å². The molecule has 0 spiro atoms. The van der Waals surface area contributed by atoms with Gasteiger partial charge in [0.2, 0.25) is 5.91 Å². The topological polar surface area (TPSA) is 29.5 Å². The van der Waals surface area contributed by atoms with Crippen molar-refractivity contribution in [2.24, 2.45) is 0 Å². The fourth-order valence-corrected chi connectivity index (χ4v) is 2.38. The van der Waals surface area contributed by atoms with Crippen LogP contribution in [0.4, 0.5) is 4.39 Å². The first-order chi connectivity index (χ1) is 8.70. The lowest BCUT2D eigenvalue weighted by molar-refractivity contribution is -0.130. The molecule has 1 saturated heterocycles. The number of carbonyl (C=O) groups is 1. The van der Waals surface area contributed by atoms with E-state index in [0.717, 1.165) is 12.8 Å². The Kier molecular flexibility index (Phi) is 4.58. The average molecular weight is 316 g/mol. The van der Waals surface area contributed by atoms with E-state index in [4.69, 9.17) is 4.74 Å². The molecule has 18 heavy (non-hydrogen) atoms. The number of hydrogen-bond donors (Lipinski definition) is 0. The normalized spacial score (nSPS) is 16.7. The molecule has 5 heteroatoms. The van der Waals surface area contributed by atoms with Crippen molar-refractivity contribution in [2.75, 3.05) is 18.4 Å². The lowest BCUT2D eigenvalue weighted by Crippen LogP contribution is -2.42. The molecule has 0 saturated carbocycles. The molecule has 1 fully saturated rings. The second kappa shape index (κ2) is 6.18. The van der Waals surface area contributed by atoms with Gasteiger partial charge in [-0.3, -0.25) is 4.79 Å². The summed E-state index contributed by atoms with van der Waals surface area (Å²) in [5.74, 6) is 0.0542. The van der Waals surface area contributed by atoms with E-state index in [2.05, 4.69) is 15.9 Å². The number of halogens is 2. The number of carbonyl (C=O) groups excluding carboxylic acids is 1. The molecule has 2 rings (SSSR count). The van der Waals surface area contributed by atoms with Gasteiger partial charge in [0.15, 0.2) is 11.6 Å². The summed E-state index contributed by atoms with van der Waals surface area (Å²) in [4.78, 5) is 13.3. The molecule has 1 heterocycles. The summed E-state index contributed by atoms with van der Waals surface area (Å²) in [6, 6.07) is 6.41. The molecule has 3 nitrogen and oxygen atoms in total. The first-order valence-electron chi connectivity index (χ1n) is 5.95. The highest BCUT2D eigenvalue weighted by Gasteiger charge is 2.23. The van der Waals surface area contributed by atoms with E-state index in [1.54, 1.807) is 23.1 Å². The van der Waals surface area contributed by atoms with Crippen molar-refractivity contribution < 1.29 is 13.9 Å². The first-order valence-corrected chi connectivity index (χ1v) is 7.08. The number of para-hydroxylation sites is 1. The summed E-state index contributed by atoms with van der Waals surface area (Å²) in [5, 5.41) is 0.353. The lowest BCUT2D eigenvalue weighted by Gasteiger charge is -2.31. The fourth-order valence-electron chi connectivity index (χ4n) is 2.03. The van der Waals surface area contributed by atoms with E-state index >= 15 is 0 Å². The Labute approximate surface area is 114 Å². The van der Waals surface area contributed by atoms with Crippen LogP contribution in [0.3, 0.4) is 0 Å². The molecule has 0 unspecified atom stereocenters. The molecule has 0 radical (unpaired) electrons. The van der Waals surface area contributed by atoms with Gasteiger partial charge in [0, 0.05) is 25.9 Å². The van der Waals surface area contributed by atoms with Gasteiger partial charge in [-0.05, 0) is 12.1 Å². The number of alkyl halides is 1. The van der Waals surface area contributed by atoms with Crippen LogP contribution in [0.2, 0.25) is 0 Å². The minimum atomic E-state index is -0.337.